The van der Waals surface area contributed by atoms with Crippen LogP contribution < -0.4 is 5.73 Å². The number of hydrogen-bond acceptors (Lipinski definition) is 5. The minimum Gasteiger partial charge on any atom is -0.368 e. The number of fused-ring (bicyclic) bond motifs is 4. The topological polar surface area (TPSA) is 82.6 Å². The molecule has 1 amide bonds. The predicted octanol–water partition coefficient (Wildman–Crippen LogP) is 1.54. The molecular formula is C23H26N4O3. The molecule has 2 aromatic rings. The van der Waals surface area contributed by atoms with Crippen LogP contribution in [0.4, 0.5) is 0 Å². The maximum absolute atomic E-state index is 13.2. The minimum atomic E-state index is -0.405. The highest BCUT2D eigenvalue weighted by atomic mass is 16.5. The highest BCUT2D eigenvalue weighted by Crippen LogP contribution is 2.42. The van der Waals surface area contributed by atoms with Gasteiger partial charge in [0.15, 0.2) is 0 Å². The molecule has 2 saturated heterocycles. The first-order valence-corrected chi connectivity index (χ1v) is 10.8. The summed E-state index contributed by atoms with van der Waals surface area (Å²) < 4.78 is 14.1. The van der Waals surface area contributed by atoms with Crippen molar-refractivity contribution >= 4 is 5.91 Å². The molecule has 5 heterocycles. The van der Waals surface area contributed by atoms with Gasteiger partial charge in [-0.05, 0) is 37.0 Å². The summed E-state index contributed by atoms with van der Waals surface area (Å²) >= 11 is 0. The van der Waals surface area contributed by atoms with Gasteiger partial charge in [0, 0.05) is 25.3 Å². The molecule has 4 aliphatic heterocycles. The van der Waals surface area contributed by atoms with Crippen molar-refractivity contribution in [3.63, 3.8) is 0 Å². The lowest BCUT2D eigenvalue weighted by Crippen LogP contribution is -2.53. The first kappa shape index (κ1) is 18.3. The Labute approximate surface area is 175 Å². The highest BCUT2D eigenvalue weighted by molar-refractivity contribution is 5.81. The van der Waals surface area contributed by atoms with Crippen molar-refractivity contribution in [1.29, 1.82) is 0 Å². The van der Waals surface area contributed by atoms with E-state index in [-0.39, 0.29) is 30.1 Å². The van der Waals surface area contributed by atoms with Crippen LogP contribution in [0.3, 0.4) is 0 Å². The number of likely N-dealkylation sites (tertiary alicyclic amines) is 1. The quantitative estimate of drug-likeness (QED) is 0.765. The van der Waals surface area contributed by atoms with Crippen LogP contribution in [-0.4, -0.2) is 58.5 Å². The molecule has 7 nitrogen and oxygen atoms in total. The van der Waals surface area contributed by atoms with Crippen molar-refractivity contribution in [2.24, 2.45) is 11.7 Å². The van der Waals surface area contributed by atoms with Crippen LogP contribution in [0.25, 0.3) is 5.69 Å². The first-order chi connectivity index (χ1) is 14.6. The van der Waals surface area contributed by atoms with E-state index >= 15 is 0 Å². The van der Waals surface area contributed by atoms with E-state index in [9.17, 15) is 4.79 Å². The van der Waals surface area contributed by atoms with Crippen LogP contribution in [0.1, 0.15) is 24.1 Å². The van der Waals surface area contributed by atoms with E-state index in [2.05, 4.69) is 18.3 Å². The van der Waals surface area contributed by atoms with E-state index in [0.717, 1.165) is 30.6 Å². The molecule has 2 fully saturated rings. The zero-order valence-corrected chi connectivity index (χ0v) is 16.8. The minimum absolute atomic E-state index is 0.111. The Kier molecular flexibility index (Phi) is 4.13. The third-order valence-corrected chi connectivity index (χ3v) is 7.11. The third-order valence-electron chi connectivity index (χ3n) is 7.11. The van der Waals surface area contributed by atoms with Gasteiger partial charge in [-0.2, -0.15) is 5.10 Å². The number of benzene rings is 1. The molecule has 30 heavy (non-hydrogen) atoms. The summed E-state index contributed by atoms with van der Waals surface area (Å²) in [6, 6.07) is 9.91. The number of nitrogens with zero attached hydrogens (tertiary/aromatic N) is 3. The van der Waals surface area contributed by atoms with Crippen LogP contribution in [0.2, 0.25) is 0 Å². The number of amides is 1. The summed E-state index contributed by atoms with van der Waals surface area (Å²) in [5, 5.41) is 4.93. The van der Waals surface area contributed by atoms with E-state index in [4.69, 9.17) is 20.3 Å². The van der Waals surface area contributed by atoms with Crippen molar-refractivity contribution in [1.82, 2.24) is 14.7 Å². The van der Waals surface area contributed by atoms with Crippen LogP contribution in [0.15, 0.2) is 48.7 Å². The fraction of sp³-hybridized carbons (Fsp3) is 0.478. The molecule has 1 aromatic carbocycles. The molecule has 2 N–H and O–H groups in total. The molecule has 1 aromatic heterocycles. The maximum Gasteiger partial charge on any atom is 0.230 e. The Balaban J connectivity index is 1.22. The fourth-order valence-corrected chi connectivity index (χ4v) is 5.44. The van der Waals surface area contributed by atoms with Crippen LogP contribution in [-0.2, 0) is 26.3 Å². The number of carbonyl (C=O) groups excluding carboxylic acids is 1. The van der Waals surface area contributed by atoms with Crippen LogP contribution in [0.5, 0.6) is 0 Å². The van der Waals surface area contributed by atoms with Gasteiger partial charge in [-0.15, -0.1) is 0 Å². The smallest absolute Gasteiger partial charge is 0.230 e. The maximum atomic E-state index is 13.2. The number of aromatic nitrogens is 2. The van der Waals surface area contributed by atoms with Gasteiger partial charge in [-0.1, -0.05) is 30.4 Å². The Bertz CT molecular complexity index is 993. The van der Waals surface area contributed by atoms with E-state index in [1.807, 2.05) is 39.9 Å². The third kappa shape index (κ3) is 2.69. The monoisotopic (exact) mass is 406 g/mol. The van der Waals surface area contributed by atoms with E-state index in [1.165, 1.54) is 5.56 Å². The average Bonchev–Trinajstić information content (AvgIpc) is 3.50. The van der Waals surface area contributed by atoms with Gasteiger partial charge in [0.25, 0.3) is 0 Å². The largest absolute Gasteiger partial charge is 0.368 e. The molecule has 2 bridgehead atoms. The van der Waals surface area contributed by atoms with Crippen molar-refractivity contribution in [2.75, 3.05) is 19.7 Å². The lowest BCUT2D eigenvalue weighted by Gasteiger charge is -2.43. The van der Waals surface area contributed by atoms with Gasteiger partial charge in [0.1, 0.15) is 5.60 Å². The Morgan fingerprint density at radius 2 is 1.90 bits per heavy atom. The van der Waals surface area contributed by atoms with Gasteiger partial charge in [0.2, 0.25) is 5.91 Å². The number of ether oxygens (including phenoxy) is 2. The fourth-order valence-electron chi connectivity index (χ4n) is 5.44. The lowest BCUT2D eigenvalue weighted by atomic mass is 9.82. The second-order valence-corrected chi connectivity index (χ2v) is 8.75. The zero-order valence-electron chi connectivity index (χ0n) is 16.8. The number of carbonyl (C=O) groups is 1. The summed E-state index contributed by atoms with van der Waals surface area (Å²) in [7, 11) is 0. The van der Waals surface area contributed by atoms with Crippen molar-refractivity contribution in [3.8, 4) is 5.69 Å². The molecule has 7 heteroatoms. The van der Waals surface area contributed by atoms with Crippen molar-refractivity contribution < 1.29 is 14.3 Å². The molecule has 4 atom stereocenters. The Morgan fingerprint density at radius 1 is 1.13 bits per heavy atom. The second-order valence-electron chi connectivity index (χ2n) is 8.75. The molecule has 0 saturated carbocycles. The zero-order chi connectivity index (χ0) is 20.3. The molecule has 0 unspecified atom stereocenters. The summed E-state index contributed by atoms with van der Waals surface area (Å²) in [4.78, 5) is 15.1. The highest BCUT2D eigenvalue weighted by Gasteiger charge is 2.51. The molecule has 1 spiro atoms. The normalized spacial score (nSPS) is 31.3. The number of hydrogen-bond donors (Lipinski definition) is 1. The Morgan fingerprint density at radius 3 is 2.63 bits per heavy atom. The number of nitrogens with two attached hydrogens (primary N) is 1. The molecular weight excluding hydrogens is 380 g/mol. The van der Waals surface area contributed by atoms with E-state index < -0.39 is 5.60 Å². The summed E-state index contributed by atoms with van der Waals surface area (Å²) in [6.07, 6.45) is 8.17. The van der Waals surface area contributed by atoms with Gasteiger partial charge in [-0.3, -0.25) is 4.79 Å². The lowest BCUT2D eigenvalue weighted by molar-refractivity contribution is -0.146. The predicted molar refractivity (Wildman–Crippen MR) is 110 cm³/mol. The standard InChI is InChI=1S/C23H26N4O3/c24-20-18-7-6-17(30-18)19(20)22(28)26-11-9-23(10-12-26)21-15(8-13-29-23)14-27(25-21)16-4-2-1-3-5-16/h1-7,14,17-20H,8-13,24H2/t17-,18+,19-,20+/m1/s1. The van der Waals surface area contributed by atoms with Crippen molar-refractivity contribution in [3.05, 3.63) is 59.9 Å². The average molecular weight is 406 g/mol. The SMILES string of the molecule is N[C@@H]1[C@H](C(=O)N2CCC3(CC2)OCCc2cn(-c4ccccc4)nc23)[C@H]2C=C[C@@H]1O2. The van der Waals surface area contributed by atoms with Crippen LogP contribution in [0, 0.1) is 5.92 Å². The van der Waals surface area contributed by atoms with E-state index in [1.54, 1.807) is 0 Å². The first-order valence-electron chi connectivity index (χ1n) is 10.8. The van der Waals surface area contributed by atoms with Gasteiger partial charge < -0.3 is 20.1 Å². The summed E-state index contributed by atoms with van der Waals surface area (Å²) in [5.41, 5.74) is 9.20. The molecule has 156 valence electrons. The van der Waals surface area contributed by atoms with Gasteiger partial charge in [-0.25, -0.2) is 4.68 Å². The second kappa shape index (κ2) is 6.77. The van der Waals surface area contributed by atoms with Gasteiger partial charge >= 0.3 is 0 Å². The van der Waals surface area contributed by atoms with E-state index in [0.29, 0.717) is 19.7 Å². The molecule has 0 aliphatic carbocycles. The molecule has 4 aliphatic rings. The van der Waals surface area contributed by atoms with Crippen molar-refractivity contribution in [2.45, 2.75) is 43.1 Å². The summed E-state index contributed by atoms with van der Waals surface area (Å²) in [5.74, 6) is -0.158. The molecule has 0 radical (unpaired) electrons. The number of para-hydroxylation sites is 1. The number of piperidine rings is 1. The van der Waals surface area contributed by atoms with Gasteiger partial charge in [0.05, 0.1) is 36.1 Å². The summed E-state index contributed by atoms with van der Waals surface area (Å²) in [6.45, 7) is 2.00. The Hall–Kier alpha value is -2.48. The molecule has 6 rings (SSSR count). The van der Waals surface area contributed by atoms with Crippen LogP contribution >= 0.6 is 0 Å². The number of rotatable bonds is 2.